The lowest BCUT2D eigenvalue weighted by molar-refractivity contribution is 0.353. The van der Waals surface area contributed by atoms with Crippen molar-refractivity contribution in [3.05, 3.63) is 44.8 Å². The summed E-state index contributed by atoms with van der Waals surface area (Å²) in [6, 6.07) is 7.99. The third-order valence-corrected chi connectivity index (χ3v) is 5.81. The Labute approximate surface area is 151 Å². The van der Waals surface area contributed by atoms with Gasteiger partial charge in [0.05, 0.1) is 18.7 Å². The van der Waals surface area contributed by atoms with Gasteiger partial charge in [0.2, 0.25) is 0 Å². The highest BCUT2D eigenvalue weighted by Gasteiger charge is 2.24. The van der Waals surface area contributed by atoms with Crippen LogP contribution in [0.4, 0.5) is 0 Å². The third-order valence-electron chi connectivity index (χ3n) is 2.99. The van der Waals surface area contributed by atoms with E-state index in [1.807, 2.05) is 6.92 Å². The molecule has 0 aliphatic rings. The highest BCUT2D eigenvalue weighted by molar-refractivity contribution is 9.10. The van der Waals surface area contributed by atoms with Crippen molar-refractivity contribution >= 4 is 42.0 Å². The van der Waals surface area contributed by atoms with E-state index < -0.39 is 10.1 Å². The maximum Gasteiger partial charge on any atom is 0.340 e. The molecule has 0 fully saturated rings. The quantitative estimate of drug-likeness (QED) is 0.616. The van der Waals surface area contributed by atoms with Crippen LogP contribution in [0.15, 0.2) is 44.2 Å². The summed E-state index contributed by atoms with van der Waals surface area (Å²) in [5, 5.41) is 0. The number of hydrogen-bond acceptors (Lipinski definition) is 5. The standard InChI is InChI=1S/C15H14Br2O5S/c1-9-4-5-12(10(16)6-9)22-23(18,19)15-8-14(21-3)13(20-2)7-11(15)17/h4-8H,1-3H3. The molecule has 8 heteroatoms. The molecule has 0 aliphatic heterocycles. The van der Waals surface area contributed by atoms with Gasteiger partial charge in [-0.05, 0) is 62.5 Å². The minimum Gasteiger partial charge on any atom is -0.493 e. The Morgan fingerprint density at radius 3 is 2.04 bits per heavy atom. The van der Waals surface area contributed by atoms with Gasteiger partial charge in [-0.15, -0.1) is 0 Å². The number of halogens is 2. The van der Waals surface area contributed by atoms with E-state index in [4.69, 9.17) is 13.7 Å². The zero-order valence-corrected chi connectivity index (χ0v) is 16.6. The monoisotopic (exact) mass is 464 g/mol. The molecule has 0 N–H and O–H groups in total. The first-order valence-corrected chi connectivity index (χ1v) is 9.40. The number of benzene rings is 2. The third kappa shape index (κ3) is 3.99. The van der Waals surface area contributed by atoms with Crippen molar-refractivity contribution < 1.29 is 22.1 Å². The lowest BCUT2D eigenvalue weighted by Gasteiger charge is -2.13. The van der Waals surface area contributed by atoms with Gasteiger partial charge in [0.1, 0.15) is 4.90 Å². The lowest BCUT2D eigenvalue weighted by Crippen LogP contribution is -2.11. The first kappa shape index (κ1) is 18.1. The Balaban J connectivity index is 2.47. The molecule has 0 saturated heterocycles. The van der Waals surface area contributed by atoms with Crippen LogP contribution < -0.4 is 13.7 Å². The van der Waals surface area contributed by atoms with Crippen LogP contribution in [0.2, 0.25) is 0 Å². The fraction of sp³-hybridized carbons (Fsp3) is 0.200. The minimum absolute atomic E-state index is 0.0531. The topological polar surface area (TPSA) is 61.8 Å². The number of methoxy groups -OCH3 is 2. The van der Waals surface area contributed by atoms with Crippen LogP contribution in [0.25, 0.3) is 0 Å². The van der Waals surface area contributed by atoms with Gasteiger partial charge in [-0.1, -0.05) is 6.07 Å². The van der Waals surface area contributed by atoms with Crippen LogP contribution >= 0.6 is 31.9 Å². The van der Waals surface area contributed by atoms with Crippen molar-refractivity contribution in [3.8, 4) is 17.2 Å². The zero-order valence-electron chi connectivity index (χ0n) is 12.6. The van der Waals surface area contributed by atoms with Crippen LogP contribution in [0.3, 0.4) is 0 Å². The minimum atomic E-state index is -4.05. The van der Waals surface area contributed by atoms with Crippen molar-refractivity contribution in [2.24, 2.45) is 0 Å². The van der Waals surface area contributed by atoms with Gasteiger partial charge in [0.25, 0.3) is 0 Å². The van der Waals surface area contributed by atoms with Gasteiger partial charge < -0.3 is 13.7 Å². The van der Waals surface area contributed by atoms with Crippen LogP contribution in [0.5, 0.6) is 17.2 Å². The van der Waals surface area contributed by atoms with Crippen molar-refractivity contribution in [1.82, 2.24) is 0 Å². The Morgan fingerprint density at radius 2 is 1.48 bits per heavy atom. The first-order valence-electron chi connectivity index (χ1n) is 6.40. The number of aryl methyl sites for hydroxylation is 1. The Hall–Kier alpha value is -1.25. The van der Waals surface area contributed by atoms with Crippen LogP contribution in [0.1, 0.15) is 5.56 Å². The van der Waals surface area contributed by atoms with Crippen LogP contribution in [0, 0.1) is 6.92 Å². The molecule has 0 aliphatic carbocycles. The van der Waals surface area contributed by atoms with Crippen LogP contribution in [-0.4, -0.2) is 22.6 Å². The molecule has 0 spiro atoms. The molecule has 0 saturated carbocycles. The summed E-state index contributed by atoms with van der Waals surface area (Å²) in [6.07, 6.45) is 0. The fourth-order valence-corrected chi connectivity index (χ4v) is 4.48. The summed E-state index contributed by atoms with van der Waals surface area (Å²) in [5.41, 5.74) is 0.980. The van der Waals surface area contributed by atoms with Gasteiger partial charge in [0, 0.05) is 10.5 Å². The molecule has 2 aromatic rings. The first-order chi connectivity index (χ1) is 10.8. The second-order valence-electron chi connectivity index (χ2n) is 4.61. The molecule has 0 atom stereocenters. The Bertz CT molecular complexity index is 834. The van der Waals surface area contributed by atoms with E-state index >= 15 is 0 Å². The molecule has 0 unspecified atom stereocenters. The van der Waals surface area contributed by atoms with E-state index in [1.54, 1.807) is 18.2 Å². The molecule has 0 heterocycles. The van der Waals surface area contributed by atoms with Crippen molar-refractivity contribution in [1.29, 1.82) is 0 Å². The summed E-state index contributed by atoms with van der Waals surface area (Å²) in [5.74, 6) is 0.910. The van der Waals surface area contributed by atoms with E-state index in [9.17, 15) is 8.42 Å². The molecule has 0 aromatic heterocycles. The maximum absolute atomic E-state index is 12.6. The van der Waals surface area contributed by atoms with Gasteiger partial charge >= 0.3 is 10.1 Å². The average Bonchev–Trinajstić information content (AvgIpc) is 2.49. The van der Waals surface area contributed by atoms with Gasteiger partial charge in [-0.2, -0.15) is 8.42 Å². The largest absolute Gasteiger partial charge is 0.493 e. The molecular weight excluding hydrogens is 452 g/mol. The predicted molar refractivity (Wildman–Crippen MR) is 93.9 cm³/mol. The maximum atomic E-state index is 12.6. The number of rotatable bonds is 5. The SMILES string of the molecule is COc1cc(Br)c(S(=O)(=O)Oc2ccc(C)cc2Br)cc1OC. The Kier molecular flexibility index (Phi) is 5.59. The average molecular weight is 466 g/mol. The highest BCUT2D eigenvalue weighted by Crippen LogP contribution is 2.37. The second kappa shape index (κ2) is 7.11. The molecule has 5 nitrogen and oxygen atoms in total. The molecule has 2 rings (SSSR count). The Morgan fingerprint density at radius 1 is 0.870 bits per heavy atom. The summed E-state index contributed by atoms with van der Waals surface area (Å²) >= 11 is 6.52. The summed E-state index contributed by atoms with van der Waals surface area (Å²) in [6.45, 7) is 1.90. The van der Waals surface area contributed by atoms with Crippen LogP contribution in [-0.2, 0) is 10.1 Å². The number of hydrogen-bond donors (Lipinski definition) is 0. The fourth-order valence-electron chi connectivity index (χ4n) is 1.86. The highest BCUT2D eigenvalue weighted by atomic mass is 79.9. The molecule has 0 amide bonds. The molecular formula is C15H14Br2O5S. The molecule has 0 radical (unpaired) electrons. The second-order valence-corrected chi connectivity index (χ2v) is 7.83. The van der Waals surface area contributed by atoms with Gasteiger partial charge in [0.15, 0.2) is 17.2 Å². The number of ether oxygens (including phenoxy) is 2. The smallest absolute Gasteiger partial charge is 0.340 e. The lowest BCUT2D eigenvalue weighted by atomic mass is 10.2. The van der Waals surface area contributed by atoms with E-state index in [0.717, 1.165) is 5.56 Å². The van der Waals surface area contributed by atoms with Gasteiger partial charge in [-0.3, -0.25) is 0 Å². The summed E-state index contributed by atoms with van der Waals surface area (Å²) in [4.78, 5) is -0.0531. The normalized spacial score (nSPS) is 11.2. The van der Waals surface area contributed by atoms with Crippen molar-refractivity contribution in [3.63, 3.8) is 0 Å². The van der Waals surface area contributed by atoms with E-state index in [0.29, 0.717) is 20.4 Å². The summed E-state index contributed by atoms with van der Waals surface area (Å²) in [7, 11) is -1.15. The van der Waals surface area contributed by atoms with Crippen molar-refractivity contribution in [2.45, 2.75) is 11.8 Å². The summed E-state index contributed by atoms with van der Waals surface area (Å²) < 4.78 is 41.5. The zero-order chi connectivity index (χ0) is 17.2. The van der Waals surface area contributed by atoms with E-state index in [1.165, 1.54) is 26.4 Å². The van der Waals surface area contributed by atoms with E-state index in [2.05, 4.69) is 31.9 Å². The molecule has 2 aromatic carbocycles. The van der Waals surface area contributed by atoms with Crippen molar-refractivity contribution in [2.75, 3.05) is 14.2 Å². The molecule has 124 valence electrons. The van der Waals surface area contributed by atoms with Gasteiger partial charge in [-0.25, -0.2) is 0 Å². The molecule has 23 heavy (non-hydrogen) atoms. The molecule has 0 bridgehead atoms. The predicted octanol–water partition coefficient (Wildman–Crippen LogP) is 4.30. The van der Waals surface area contributed by atoms with E-state index in [-0.39, 0.29) is 10.6 Å².